The van der Waals surface area contributed by atoms with Crippen LogP contribution < -0.4 is 0 Å². The molecule has 0 amide bonds. The Hall–Kier alpha value is 0.243. The topological polar surface area (TPSA) is 6.48 Å². The Morgan fingerprint density at radius 3 is 1.38 bits per heavy atom. The van der Waals surface area contributed by atoms with Crippen molar-refractivity contribution in [1.29, 1.82) is 0 Å². The molecule has 156 valence electrons. The van der Waals surface area contributed by atoms with Crippen molar-refractivity contribution in [1.82, 2.24) is 9.80 Å². The number of thiophene rings is 2. The molecule has 0 atom stereocenters. The molecule has 0 saturated carbocycles. The van der Waals surface area contributed by atoms with Gasteiger partial charge in [0.1, 0.15) is 0 Å². The van der Waals surface area contributed by atoms with Crippen molar-refractivity contribution in [3.05, 3.63) is 44.8 Å². The van der Waals surface area contributed by atoms with Gasteiger partial charge in [-0.15, -0.1) is 22.7 Å². The van der Waals surface area contributed by atoms with Crippen LogP contribution in [0.4, 0.5) is 0 Å². The molecule has 0 aliphatic heterocycles. The molecule has 0 aromatic carbocycles. The molecule has 0 N–H and O–H groups in total. The molecule has 2 rings (SSSR count). The van der Waals surface area contributed by atoms with Crippen LogP contribution >= 0.6 is 47.1 Å². The first-order valence-electron chi connectivity index (χ1n) is 9.15. The van der Waals surface area contributed by atoms with Gasteiger partial charge < -0.3 is 59.5 Å². The maximum atomic E-state index is 5.05. The summed E-state index contributed by atoms with van der Waals surface area (Å²) >= 11 is 23.7. The van der Waals surface area contributed by atoms with Crippen LogP contribution in [0, 0.1) is 11.8 Å². The van der Waals surface area contributed by atoms with Gasteiger partial charge in [0.2, 0.25) is 0 Å². The maximum Gasteiger partial charge on any atom is 2.00 e. The Bertz CT molecular complexity index is 626. The number of nitrogens with zero attached hydrogens (tertiary/aromatic N) is 2. The zero-order chi connectivity index (χ0) is 21.1. The normalized spacial score (nSPS) is 10.1. The Morgan fingerprint density at radius 2 is 1.17 bits per heavy atom. The predicted molar refractivity (Wildman–Crippen MR) is 139 cm³/mol. The van der Waals surface area contributed by atoms with E-state index in [9.17, 15) is 0 Å². The molecule has 0 aliphatic carbocycles. The standard InChI is InChI=1S/2C10H15NS3.Zn/c2*1-8(2)6-11(10(12)13)7-9-4-3-5-14-9;/h2*3-5,8H,6-7H2,1-2H3,(H,12,13);/q;;+2/p-2. The molecule has 0 saturated heterocycles. The van der Waals surface area contributed by atoms with Crippen LogP contribution in [0.3, 0.4) is 0 Å². The summed E-state index contributed by atoms with van der Waals surface area (Å²) < 4.78 is 1.15. The second kappa shape index (κ2) is 16.0. The van der Waals surface area contributed by atoms with Gasteiger partial charge in [-0.1, -0.05) is 48.5 Å². The first-order valence-corrected chi connectivity index (χ1v) is 12.5. The van der Waals surface area contributed by atoms with Gasteiger partial charge in [-0.2, -0.15) is 0 Å². The summed E-state index contributed by atoms with van der Waals surface area (Å²) in [6.07, 6.45) is 0. The van der Waals surface area contributed by atoms with Crippen molar-refractivity contribution in [2.45, 2.75) is 40.8 Å². The third-order valence-electron chi connectivity index (χ3n) is 3.54. The van der Waals surface area contributed by atoms with Gasteiger partial charge in [-0.25, -0.2) is 0 Å². The van der Waals surface area contributed by atoms with E-state index in [0.29, 0.717) is 20.5 Å². The Balaban J connectivity index is 0.000000523. The molecule has 2 nitrogen and oxygen atoms in total. The van der Waals surface area contributed by atoms with E-state index in [1.54, 1.807) is 22.7 Å². The third-order valence-corrected chi connectivity index (χ3v) is 6.30. The van der Waals surface area contributed by atoms with Gasteiger partial charge in [0, 0.05) is 22.8 Å². The number of hydrogen-bond acceptors (Lipinski definition) is 6. The second-order valence-electron chi connectivity index (χ2n) is 7.24. The average molecular weight is 554 g/mol. The fourth-order valence-corrected chi connectivity index (χ4v) is 4.47. The minimum atomic E-state index is 0. The van der Waals surface area contributed by atoms with E-state index in [4.69, 9.17) is 49.7 Å². The molecule has 0 spiro atoms. The maximum absolute atomic E-state index is 5.05. The molecule has 0 aliphatic rings. The van der Waals surface area contributed by atoms with Gasteiger partial charge in [-0.3, -0.25) is 0 Å². The van der Waals surface area contributed by atoms with Crippen LogP contribution in [0.15, 0.2) is 35.0 Å². The first-order chi connectivity index (χ1) is 13.2. The molecule has 0 bridgehead atoms. The number of hydrogen-bond donors (Lipinski definition) is 0. The minimum absolute atomic E-state index is 0. The quantitative estimate of drug-likeness (QED) is 0.221. The fraction of sp³-hybridized carbons (Fsp3) is 0.500. The first kappa shape index (κ1) is 29.2. The van der Waals surface area contributed by atoms with E-state index in [-0.39, 0.29) is 19.5 Å². The summed E-state index contributed by atoms with van der Waals surface area (Å²) in [4.78, 5) is 6.80. The Morgan fingerprint density at radius 1 is 0.828 bits per heavy atom. The van der Waals surface area contributed by atoms with Crippen molar-refractivity contribution in [2.75, 3.05) is 13.1 Å². The molecule has 2 aromatic rings. The fourth-order valence-electron chi connectivity index (χ4n) is 2.47. The van der Waals surface area contributed by atoms with E-state index < -0.39 is 0 Å². The van der Waals surface area contributed by atoms with Gasteiger partial charge in [0.25, 0.3) is 0 Å². The second-order valence-corrected chi connectivity index (χ2v) is 11.4. The summed E-state index contributed by atoms with van der Waals surface area (Å²) in [5, 5.41) is 4.16. The van der Waals surface area contributed by atoms with Gasteiger partial charge >= 0.3 is 19.5 Å². The average Bonchev–Trinajstić information content (AvgIpc) is 3.27. The summed E-state index contributed by atoms with van der Waals surface area (Å²) in [6.45, 7) is 12.3. The van der Waals surface area contributed by atoms with Crippen LogP contribution in [0.5, 0.6) is 0 Å². The minimum Gasteiger partial charge on any atom is -0.411 e. The molecular weight excluding hydrogens is 526 g/mol. The van der Waals surface area contributed by atoms with Crippen LogP contribution in [0.25, 0.3) is 0 Å². The van der Waals surface area contributed by atoms with E-state index in [1.165, 1.54) is 9.75 Å². The van der Waals surface area contributed by atoms with E-state index >= 15 is 0 Å². The molecule has 0 radical (unpaired) electrons. The Labute approximate surface area is 219 Å². The summed E-state index contributed by atoms with van der Waals surface area (Å²) in [6, 6.07) is 8.34. The monoisotopic (exact) mass is 552 g/mol. The van der Waals surface area contributed by atoms with Gasteiger partial charge in [-0.05, 0) is 34.7 Å². The van der Waals surface area contributed by atoms with Crippen molar-refractivity contribution in [3.63, 3.8) is 0 Å². The SMILES string of the molecule is CC(C)CN(Cc1cccs1)C(=S)[S-].CC(C)CN(Cc1cccs1)C(=S)[S-].[Zn+2]. The van der Waals surface area contributed by atoms with Gasteiger partial charge in [0.15, 0.2) is 0 Å². The zero-order valence-electron chi connectivity index (χ0n) is 17.5. The van der Waals surface area contributed by atoms with Crippen molar-refractivity contribution in [2.24, 2.45) is 11.8 Å². The van der Waals surface area contributed by atoms with Crippen LogP contribution in [0.1, 0.15) is 37.4 Å². The smallest absolute Gasteiger partial charge is 0.411 e. The molecule has 0 fully saturated rings. The molecule has 2 heterocycles. The van der Waals surface area contributed by atoms with Crippen molar-refractivity contribution >= 4 is 81.0 Å². The van der Waals surface area contributed by atoms with Crippen molar-refractivity contribution < 1.29 is 19.5 Å². The molecule has 0 unspecified atom stereocenters. The molecule has 29 heavy (non-hydrogen) atoms. The summed E-state index contributed by atoms with van der Waals surface area (Å²) in [5.41, 5.74) is 0. The summed E-state index contributed by atoms with van der Waals surface area (Å²) in [7, 11) is 0. The largest absolute Gasteiger partial charge is 2.00 e. The molecular formula is C20H28N2S6Zn. The predicted octanol–water partition coefficient (Wildman–Crippen LogP) is 6.07. The van der Waals surface area contributed by atoms with E-state index in [1.807, 2.05) is 0 Å². The number of rotatable bonds is 8. The number of thiocarbonyl (C=S) groups is 2. The van der Waals surface area contributed by atoms with Gasteiger partial charge in [0.05, 0.1) is 13.1 Å². The molecule has 9 heteroatoms. The zero-order valence-corrected chi connectivity index (χ0v) is 25.4. The van der Waals surface area contributed by atoms with E-state index in [2.05, 4.69) is 72.5 Å². The molecule has 2 aromatic heterocycles. The summed E-state index contributed by atoms with van der Waals surface area (Å²) in [5.74, 6) is 1.19. The third kappa shape index (κ3) is 13.3. The van der Waals surface area contributed by atoms with E-state index in [0.717, 1.165) is 26.2 Å². The van der Waals surface area contributed by atoms with Crippen LogP contribution in [-0.2, 0) is 57.8 Å². The van der Waals surface area contributed by atoms with Crippen LogP contribution in [-0.4, -0.2) is 31.5 Å². The van der Waals surface area contributed by atoms with Crippen molar-refractivity contribution in [3.8, 4) is 0 Å². The van der Waals surface area contributed by atoms with Crippen LogP contribution in [0.2, 0.25) is 0 Å². The Kier molecular flexibility index (Phi) is 16.1.